The minimum absolute atomic E-state index is 0.0896. The van der Waals surface area contributed by atoms with Crippen molar-refractivity contribution in [3.8, 4) is 0 Å². The zero-order valence-corrected chi connectivity index (χ0v) is 9.17. The highest BCUT2D eigenvalue weighted by Gasteiger charge is 2.33. The Morgan fingerprint density at radius 3 is 2.38 bits per heavy atom. The molecule has 0 aromatic rings. The largest absolute Gasteiger partial charge is 0.390 e. The van der Waals surface area contributed by atoms with Crippen molar-refractivity contribution in [3.63, 3.8) is 0 Å². The third-order valence-corrected chi connectivity index (χ3v) is 3.34. The summed E-state index contributed by atoms with van der Waals surface area (Å²) in [6, 6.07) is 0. The number of likely N-dealkylation sites (N-methyl/N-ethyl adjacent to an activating group) is 1. The van der Waals surface area contributed by atoms with Crippen molar-refractivity contribution >= 4 is 0 Å². The molecule has 1 atom stereocenters. The maximum Gasteiger partial charge on any atom is 0.0793 e. The lowest BCUT2D eigenvalue weighted by molar-refractivity contribution is -0.0170. The Bertz CT molecular complexity index is 166. The van der Waals surface area contributed by atoms with Gasteiger partial charge in [-0.1, -0.05) is 13.8 Å². The van der Waals surface area contributed by atoms with Crippen LogP contribution >= 0.6 is 0 Å². The minimum atomic E-state index is -0.0896. The van der Waals surface area contributed by atoms with E-state index in [0.29, 0.717) is 5.92 Å². The van der Waals surface area contributed by atoms with E-state index in [1.54, 1.807) is 0 Å². The van der Waals surface area contributed by atoms with Crippen molar-refractivity contribution in [2.75, 3.05) is 26.7 Å². The fourth-order valence-electron chi connectivity index (χ4n) is 1.69. The molecule has 78 valence electrons. The first-order valence-electron chi connectivity index (χ1n) is 5.07. The van der Waals surface area contributed by atoms with Gasteiger partial charge in [-0.2, -0.15) is 0 Å². The first kappa shape index (κ1) is 11.0. The monoisotopic (exact) mass is 186 g/mol. The van der Waals surface area contributed by atoms with E-state index < -0.39 is 0 Å². The molecule has 0 bridgehead atoms. The second-order valence-corrected chi connectivity index (χ2v) is 4.67. The lowest BCUT2D eigenvalue weighted by Gasteiger charge is -2.44. The Morgan fingerprint density at radius 2 is 2.08 bits per heavy atom. The van der Waals surface area contributed by atoms with Crippen LogP contribution in [0.2, 0.25) is 0 Å². The molecule has 0 aliphatic carbocycles. The lowest BCUT2D eigenvalue weighted by Crippen LogP contribution is -2.60. The van der Waals surface area contributed by atoms with E-state index in [0.717, 1.165) is 19.6 Å². The highest BCUT2D eigenvalue weighted by atomic mass is 16.3. The van der Waals surface area contributed by atoms with Crippen LogP contribution in [0, 0.1) is 5.92 Å². The van der Waals surface area contributed by atoms with Gasteiger partial charge in [-0.3, -0.25) is 4.90 Å². The molecule has 0 radical (unpaired) electrons. The molecule has 0 saturated carbocycles. The highest BCUT2D eigenvalue weighted by molar-refractivity contribution is 4.92. The fourth-order valence-corrected chi connectivity index (χ4v) is 1.69. The van der Waals surface area contributed by atoms with Crippen molar-refractivity contribution in [3.05, 3.63) is 0 Å². The van der Waals surface area contributed by atoms with Crippen molar-refractivity contribution in [2.45, 2.75) is 32.4 Å². The number of rotatable bonds is 4. The third-order valence-electron chi connectivity index (χ3n) is 3.34. The number of likely N-dealkylation sites (tertiary alicyclic amines) is 1. The topological polar surface area (TPSA) is 35.5 Å². The van der Waals surface area contributed by atoms with E-state index in [-0.39, 0.29) is 11.6 Å². The molecule has 0 aromatic carbocycles. The van der Waals surface area contributed by atoms with Crippen LogP contribution in [0.1, 0.15) is 20.8 Å². The molecule has 2 N–H and O–H groups in total. The maximum atomic E-state index is 9.16. The summed E-state index contributed by atoms with van der Waals surface area (Å²) in [5, 5.41) is 12.5. The molecule has 1 heterocycles. The molecular formula is C10H22N2O. The van der Waals surface area contributed by atoms with Gasteiger partial charge in [-0.05, 0) is 19.9 Å². The summed E-state index contributed by atoms with van der Waals surface area (Å²) in [6.07, 6.45) is -0.0896. The molecular weight excluding hydrogens is 164 g/mol. The molecule has 1 rings (SSSR count). The smallest absolute Gasteiger partial charge is 0.0793 e. The zero-order chi connectivity index (χ0) is 10.1. The molecule has 0 amide bonds. The van der Waals surface area contributed by atoms with E-state index in [1.165, 1.54) is 0 Å². The summed E-state index contributed by atoms with van der Waals surface area (Å²) < 4.78 is 0. The maximum absolute atomic E-state index is 9.16. The molecule has 0 aromatic heterocycles. The van der Waals surface area contributed by atoms with Gasteiger partial charge < -0.3 is 10.4 Å². The summed E-state index contributed by atoms with van der Waals surface area (Å²) in [6.45, 7) is 9.40. The van der Waals surface area contributed by atoms with Crippen LogP contribution in [0.15, 0.2) is 0 Å². The van der Waals surface area contributed by atoms with E-state index in [4.69, 9.17) is 5.11 Å². The van der Waals surface area contributed by atoms with Gasteiger partial charge in [0.25, 0.3) is 0 Å². The summed E-state index contributed by atoms with van der Waals surface area (Å²) in [7, 11) is 2.01. The van der Waals surface area contributed by atoms with Gasteiger partial charge in [0, 0.05) is 25.2 Å². The fraction of sp³-hybridized carbons (Fsp3) is 1.00. The normalized spacial score (nSPS) is 24.5. The molecule has 1 saturated heterocycles. The Morgan fingerprint density at radius 1 is 1.54 bits per heavy atom. The Kier molecular flexibility index (Phi) is 3.33. The number of β-amino-alcohol motifs (C(OH)–C–C–N with tert-alkyl or cyclic N) is 1. The van der Waals surface area contributed by atoms with Crippen molar-refractivity contribution in [2.24, 2.45) is 5.92 Å². The van der Waals surface area contributed by atoms with Crippen molar-refractivity contribution < 1.29 is 5.11 Å². The highest BCUT2D eigenvalue weighted by Crippen LogP contribution is 2.20. The van der Waals surface area contributed by atoms with Crippen LogP contribution in [0.25, 0.3) is 0 Å². The summed E-state index contributed by atoms with van der Waals surface area (Å²) >= 11 is 0. The predicted octanol–water partition coefficient (Wildman–Crippen LogP) is 0.297. The van der Waals surface area contributed by atoms with Crippen LogP contribution < -0.4 is 5.32 Å². The molecule has 3 nitrogen and oxygen atoms in total. The first-order valence-corrected chi connectivity index (χ1v) is 5.07. The van der Waals surface area contributed by atoms with Gasteiger partial charge in [-0.25, -0.2) is 0 Å². The van der Waals surface area contributed by atoms with Gasteiger partial charge in [0.15, 0.2) is 0 Å². The summed E-state index contributed by atoms with van der Waals surface area (Å²) in [5.74, 6) is 0.607. The number of aliphatic hydroxyl groups excluding tert-OH is 1. The average molecular weight is 186 g/mol. The SMILES string of the molecule is CN[C@](C)(CN1CC(O)C1)C(C)C. The standard InChI is InChI=1S/C10H22N2O/c1-8(2)10(3,11-4)7-12-5-9(13)6-12/h8-9,11,13H,5-7H2,1-4H3/t10-/m1/s1. The van der Waals surface area contributed by atoms with Crippen LogP contribution in [0.3, 0.4) is 0 Å². The molecule has 0 unspecified atom stereocenters. The number of hydrogen-bond acceptors (Lipinski definition) is 3. The Hall–Kier alpha value is -0.120. The molecule has 1 aliphatic rings. The van der Waals surface area contributed by atoms with Crippen LogP contribution in [0.5, 0.6) is 0 Å². The van der Waals surface area contributed by atoms with Crippen molar-refractivity contribution in [1.82, 2.24) is 10.2 Å². The van der Waals surface area contributed by atoms with Crippen LogP contribution in [-0.2, 0) is 0 Å². The second kappa shape index (κ2) is 3.95. The zero-order valence-electron chi connectivity index (χ0n) is 9.17. The van der Waals surface area contributed by atoms with Gasteiger partial charge >= 0.3 is 0 Å². The van der Waals surface area contributed by atoms with Gasteiger partial charge in [0.05, 0.1) is 6.10 Å². The molecule has 0 spiro atoms. The Labute approximate surface area is 81.1 Å². The van der Waals surface area contributed by atoms with Crippen molar-refractivity contribution in [1.29, 1.82) is 0 Å². The minimum Gasteiger partial charge on any atom is -0.390 e. The van der Waals surface area contributed by atoms with Gasteiger partial charge in [0.1, 0.15) is 0 Å². The van der Waals surface area contributed by atoms with E-state index >= 15 is 0 Å². The van der Waals surface area contributed by atoms with E-state index in [1.807, 2.05) is 7.05 Å². The number of hydrogen-bond donors (Lipinski definition) is 2. The summed E-state index contributed by atoms with van der Waals surface area (Å²) in [5.41, 5.74) is 0.167. The van der Waals surface area contributed by atoms with Crippen LogP contribution in [-0.4, -0.2) is 48.3 Å². The number of nitrogens with one attached hydrogen (secondary N) is 1. The first-order chi connectivity index (χ1) is 5.98. The average Bonchev–Trinajstić information content (AvgIpc) is 2.01. The molecule has 1 fully saturated rings. The van der Waals surface area contributed by atoms with E-state index in [9.17, 15) is 0 Å². The van der Waals surface area contributed by atoms with Gasteiger partial charge in [-0.15, -0.1) is 0 Å². The predicted molar refractivity (Wildman–Crippen MR) is 54.7 cm³/mol. The molecule has 1 aliphatic heterocycles. The van der Waals surface area contributed by atoms with E-state index in [2.05, 4.69) is 31.0 Å². The molecule has 3 heteroatoms. The quantitative estimate of drug-likeness (QED) is 0.663. The Balaban J connectivity index is 2.40. The number of aliphatic hydroxyl groups is 1. The van der Waals surface area contributed by atoms with Gasteiger partial charge in [0.2, 0.25) is 0 Å². The lowest BCUT2D eigenvalue weighted by atomic mass is 9.87. The summed E-state index contributed by atoms with van der Waals surface area (Å²) in [4.78, 5) is 2.29. The van der Waals surface area contributed by atoms with Crippen LogP contribution in [0.4, 0.5) is 0 Å². The molecule has 13 heavy (non-hydrogen) atoms. The third kappa shape index (κ3) is 2.42. The number of nitrogens with zero attached hydrogens (tertiary/aromatic N) is 1. The second-order valence-electron chi connectivity index (χ2n) is 4.67.